The van der Waals surface area contributed by atoms with E-state index in [9.17, 15) is 0 Å². The molecular weight excluding hydrogens is 266 g/mol. The van der Waals surface area contributed by atoms with Crippen molar-refractivity contribution in [3.8, 4) is 0 Å². The fraction of sp³-hybridized carbons (Fsp3) is 0.250. The molecule has 1 aromatic heterocycles. The van der Waals surface area contributed by atoms with Crippen LogP contribution in [0.5, 0.6) is 0 Å². The van der Waals surface area contributed by atoms with Gasteiger partial charge in [-0.25, -0.2) is 0 Å². The predicted molar refractivity (Wildman–Crippen MR) is 87.9 cm³/mol. The van der Waals surface area contributed by atoms with Gasteiger partial charge in [-0.2, -0.15) is 0 Å². The van der Waals surface area contributed by atoms with Crippen molar-refractivity contribution in [1.82, 2.24) is 10.3 Å². The SMILES string of the molecule is Cc1ccc([C@H](C)NC(=S)Nc2cccnc2)c(C)c1. The third kappa shape index (κ3) is 3.78. The van der Waals surface area contributed by atoms with Gasteiger partial charge in [0.2, 0.25) is 0 Å². The van der Waals surface area contributed by atoms with Gasteiger partial charge in [0.15, 0.2) is 5.11 Å². The Morgan fingerprint density at radius 2 is 2.05 bits per heavy atom. The molecule has 0 aliphatic rings. The zero-order valence-corrected chi connectivity index (χ0v) is 12.8. The lowest BCUT2D eigenvalue weighted by atomic mass is 10.0. The Morgan fingerprint density at radius 1 is 1.25 bits per heavy atom. The zero-order valence-electron chi connectivity index (χ0n) is 12.0. The van der Waals surface area contributed by atoms with E-state index in [4.69, 9.17) is 12.2 Å². The summed E-state index contributed by atoms with van der Waals surface area (Å²) in [6, 6.07) is 10.4. The number of hydrogen-bond acceptors (Lipinski definition) is 2. The summed E-state index contributed by atoms with van der Waals surface area (Å²) in [6.45, 7) is 6.33. The van der Waals surface area contributed by atoms with Crippen LogP contribution in [0.2, 0.25) is 0 Å². The van der Waals surface area contributed by atoms with Crippen LogP contribution < -0.4 is 10.6 Å². The molecule has 104 valence electrons. The molecule has 0 aliphatic heterocycles. The molecule has 0 spiro atoms. The molecule has 1 atom stereocenters. The molecule has 0 unspecified atom stereocenters. The van der Waals surface area contributed by atoms with Crippen molar-refractivity contribution in [2.75, 3.05) is 5.32 Å². The maximum Gasteiger partial charge on any atom is 0.171 e. The maximum atomic E-state index is 5.33. The molecule has 2 N–H and O–H groups in total. The number of pyridine rings is 1. The summed E-state index contributed by atoms with van der Waals surface area (Å²) < 4.78 is 0. The van der Waals surface area contributed by atoms with Gasteiger partial charge >= 0.3 is 0 Å². The van der Waals surface area contributed by atoms with E-state index in [1.807, 2.05) is 12.1 Å². The standard InChI is InChI=1S/C16H19N3S/c1-11-6-7-15(12(2)9-11)13(3)18-16(20)19-14-5-4-8-17-10-14/h4-10,13H,1-3H3,(H2,18,19,20)/t13-/m0/s1. The van der Waals surface area contributed by atoms with Crippen molar-refractivity contribution in [1.29, 1.82) is 0 Å². The summed E-state index contributed by atoms with van der Waals surface area (Å²) in [4.78, 5) is 4.05. The topological polar surface area (TPSA) is 37.0 Å². The Morgan fingerprint density at radius 3 is 2.70 bits per heavy atom. The predicted octanol–water partition coefficient (Wildman–Crippen LogP) is 3.75. The summed E-state index contributed by atoms with van der Waals surface area (Å²) in [5.74, 6) is 0. The highest BCUT2D eigenvalue weighted by Gasteiger charge is 2.09. The molecule has 4 heteroatoms. The Balaban J connectivity index is 2.00. The van der Waals surface area contributed by atoms with Gasteiger partial charge in [-0.3, -0.25) is 4.98 Å². The monoisotopic (exact) mass is 285 g/mol. The van der Waals surface area contributed by atoms with E-state index in [-0.39, 0.29) is 6.04 Å². The number of thiocarbonyl (C=S) groups is 1. The molecule has 0 aliphatic carbocycles. The summed E-state index contributed by atoms with van der Waals surface area (Å²) >= 11 is 5.33. The highest BCUT2D eigenvalue weighted by Crippen LogP contribution is 2.18. The van der Waals surface area contributed by atoms with Crippen LogP contribution in [-0.2, 0) is 0 Å². The Kier molecular flexibility index (Phi) is 4.69. The number of nitrogens with one attached hydrogen (secondary N) is 2. The van der Waals surface area contributed by atoms with Crippen LogP contribution in [0.3, 0.4) is 0 Å². The van der Waals surface area contributed by atoms with E-state index >= 15 is 0 Å². The van der Waals surface area contributed by atoms with Crippen LogP contribution in [0.4, 0.5) is 5.69 Å². The van der Waals surface area contributed by atoms with E-state index in [1.54, 1.807) is 12.4 Å². The largest absolute Gasteiger partial charge is 0.356 e. The molecule has 1 aromatic carbocycles. The fourth-order valence-electron chi connectivity index (χ4n) is 2.19. The average Bonchev–Trinajstić information content (AvgIpc) is 2.39. The average molecular weight is 285 g/mol. The number of rotatable bonds is 3. The van der Waals surface area contributed by atoms with Gasteiger partial charge < -0.3 is 10.6 Å². The molecule has 2 aromatic rings. The molecule has 1 heterocycles. The molecular formula is C16H19N3S. The van der Waals surface area contributed by atoms with Crippen LogP contribution in [0, 0.1) is 13.8 Å². The van der Waals surface area contributed by atoms with Gasteiger partial charge in [-0.05, 0) is 56.2 Å². The minimum absolute atomic E-state index is 0.160. The van der Waals surface area contributed by atoms with Crippen LogP contribution in [0.15, 0.2) is 42.7 Å². The number of hydrogen-bond donors (Lipinski definition) is 2. The molecule has 0 saturated heterocycles. The number of benzene rings is 1. The van der Waals surface area contributed by atoms with E-state index in [0.717, 1.165) is 5.69 Å². The fourth-order valence-corrected chi connectivity index (χ4v) is 2.48. The highest BCUT2D eigenvalue weighted by atomic mass is 32.1. The summed E-state index contributed by atoms with van der Waals surface area (Å²) in [5.41, 5.74) is 4.69. The zero-order chi connectivity index (χ0) is 14.5. The van der Waals surface area contributed by atoms with Crippen LogP contribution >= 0.6 is 12.2 Å². The normalized spacial score (nSPS) is 11.8. The van der Waals surface area contributed by atoms with Gasteiger partial charge in [-0.1, -0.05) is 23.8 Å². The molecule has 0 bridgehead atoms. The maximum absolute atomic E-state index is 5.33. The first-order valence-corrected chi connectivity index (χ1v) is 7.02. The first-order chi connectivity index (χ1) is 9.56. The van der Waals surface area contributed by atoms with E-state index in [1.165, 1.54) is 16.7 Å². The second-order valence-corrected chi connectivity index (χ2v) is 5.33. The first-order valence-electron chi connectivity index (χ1n) is 6.61. The number of nitrogens with zero attached hydrogens (tertiary/aromatic N) is 1. The summed E-state index contributed by atoms with van der Waals surface area (Å²) in [6.07, 6.45) is 3.48. The molecule has 0 amide bonds. The minimum Gasteiger partial charge on any atom is -0.356 e. The van der Waals surface area contributed by atoms with Crippen LogP contribution in [0.25, 0.3) is 0 Å². The molecule has 20 heavy (non-hydrogen) atoms. The second kappa shape index (κ2) is 6.48. The quantitative estimate of drug-likeness (QED) is 0.842. The van der Waals surface area contributed by atoms with E-state index in [2.05, 4.69) is 54.6 Å². The lowest BCUT2D eigenvalue weighted by Gasteiger charge is -2.19. The van der Waals surface area contributed by atoms with Gasteiger partial charge in [-0.15, -0.1) is 0 Å². The van der Waals surface area contributed by atoms with Gasteiger partial charge in [0, 0.05) is 6.20 Å². The van der Waals surface area contributed by atoms with Crippen molar-refractivity contribution in [2.45, 2.75) is 26.8 Å². The van der Waals surface area contributed by atoms with Crippen molar-refractivity contribution < 1.29 is 0 Å². The molecule has 0 radical (unpaired) electrons. The lowest BCUT2D eigenvalue weighted by Crippen LogP contribution is -2.31. The van der Waals surface area contributed by atoms with Gasteiger partial charge in [0.05, 0.1) is 17.9 Å². The Bertz CT molecular complexity index is 596. The Hall–Kier alpha value is -1.94. The van der Waals surface area contributed by atoms with Gasteiger partial charge in [0.1, 0.15) is 0 Å². The second-order valence-electron chi connectivity index (χ2n) is 4.92. The van der Waals surface area contributed by atoms with Crippen molar-refractivity contribution in [2.24, 2.45) is 0 Å². The smallest absolute Gasteiger partial charge is 0.171 e. The van der Waals surface area contributed by atoms with Crippen LogP contribution in [-0.4, -0.2) is 10.1 Å². The molecule has 0 saturated carbocycles. The Labute approximate surface area is 125 Å². The third-order valence-electron chi connectivity index (χ3n) is 3.16. The summed E-state index contributed by atoms with van der Waals surface area (Å²) in [7, 11) is 0. The van der Waals surface area contributed by atoms with Crippen molar-refractivity contribution in [3.05, 3.63) is 59.4 Å². The van der Waals surface area contributed by atoms with Gasteiger partial charge in [0.25, 0.3) is 0 Å². The highest BCUT2D eigenvalue weighted by molar-refractivity contribution is 7.80. The minimum atomic E-state index is 0.160. The van der Waals surface area contributed by atoms with Crippen molar-refractivity contribution in [3.63, 3.8) is 0 Å². The molecule has 0 fully saturated rings. The number of aromatic nitrogens is 1. The number of anilines is 1. The summed E-state index contributed by atoms with van der Waals surface area (Å²) in [5, 5.41) is 7.03. The first kappa shape index (κ1) is 14.5. The molecule has 2 rings (SSSR count). The van der Waals surface area contributed by atoms with Crippen molar-refractivity contribution >= 4 is 23.0 Å². The van der Waals surface area contributed by atoms with E-state index in [0.29, 0.717) is 5.11 Å². The third-order valence-corrected chi connectivity index (χ3v) is 3.38. The molecule has 3 nitrogen and oxygen atoms in total. The lowest BCUT2D eigenvalue weighted by molar-refractivity contribution is 0.717. The number of aryl methyl sites for hydroxylation is 2. The van der Waals surface area contributed by atoms with E-state index < -0.39 is 0 Å². The van der Waals surface area contributed by atoms with Crippen LogP contribution in [0.1, 0.15) is 29.7 Å².